The van der Waals surface area contributed by atoms with Crippen LogP contribution < -0.4 is 11.1 Å². The van der Waals surface area contributed by atoms with Crippen LogP contribution in [0.4, 0.5) is 0 Å². The minimum atomic E-state index is -1.13. The van der Waals surface area contributed by atoms with Crippen LogP contribution in [0.25, 0.3) is 0 Å². The van der Waals surface area contributed by atoms with Crippen molar-refractivity contribution in [3.63, 3.8) is 0 Å². The van der Waals surface area contributed by atoms with Gasteiger partial charge in [-0.05, 0) is 13.3 Å². The third-order valence-electron chi connectivity index (χ3n) is 2.79. The Kier molecular flexibility index (Phi) is 12.0. The molecule has 0 aromatic rings. The number of primary amides is 1. The number of rotatable bonds is 13. The molecule has 0 saturated heterocycles. The van der Waals surface area contributed by atoms with E-state index in [0.29, 0.717) is 19.0 Å². The molecular formula is C14H24N3O5S. The number of amides is 2. The van der Waals surface area contributed by atoms with Crippen molar-refractivity contribution >= 4 is 35.3 Å². The largest absolute Gasteiger partial charge is 0.481 e. The van der Waals surface area contributed by atoms with Crippen molar-refractivity contribution in [1.29, 1.82) is 0 Å². The van der Waals surface area contributed by atoms with Gasteiger partial charge in [0.05, 0.1) is 25.5 Å². The van der Waals surface area contributed by atoms with Crippen LogP contribution in [0.2, 0.25) is 0 Å². The molecule has 0 spiro atoms. The fourth-order valence-electron chi connectivity index (χ4n) is 1.50. The number of hydrogen-bond acceptors (Lipinski definition) is 6. The molecule has 0 rings (SSSR count). The number of aliphatic imine (C=N–C) groups is 1. The lowest BCUT2D eigenvalue weighted by atomic mass is 10.0. The molecule has 23 heavy (non-hydrogen) atoms. The van der Waals surface area contributed by atoms with Gasteiger partial charge in [0.25, 0.3) is 5.91 Å². The third kappa shape index (κ3) is 10.7. The SMILES string of the molecule is CCOCCSCC(=NCC(C[CH]C(=O)O)C(N)=O)C(=O)NC. The predicted octanol–water partition coefficient (Wildman–Crippen LogP) is -0.276. The predicted molar refractivity (Wildman–Crippen MR) is 89.4 cm³/mol. The monoisotopic (exact) mass is 346 g/mol. The Balaban J connectivity index is 4.60. The normalized spacial score (nSPS) is 12.7. The first-order valence-electron chi connectivity index (χ1n) is 7.18. The molecule has 2 amide bonds. The number of nitrogens with zero attached hydrogens (tertiary/aromatic N) is 1. The van der Waals surface area contributed by atoms with E-state index in [2.05, 4.69) is 10.3 Å². The van der Waals surface area contributed by atoms with Gasteiger partial charge in [-0.3, -0.25) is 19.4 Å². The zero-order valence-electron chi connectivity index (χ0n) is 13.4. The van der Waals surface area contributed by atoms with Crippen LogP contribution in [0.1, 0.15) is 13.3 Å². The summed E-state index contributed by atoms with van der Waals surface area (Å²) in [6.45, 7) is 3.10. The number of ether oxygens (including phenoxy) is 1. The first-order valence-corrected chi connectivity index (χ1v) is 8.34. The van der Waals surface area contributed by atoms with Crippen LogP contribution in [-0.4, -0.2) is 66.9 Å². The number of thioether (sulfide) groups is 1. The molecule has 0 heterocycles. The lowest BCUT2D eigenvalue weighted by Gasteiger charge is -2.11. The van der Waals surface area contributed by atoms with Crippen molar-refractivity contribution < 1.29 is 24.2 Å². The van der Waals surface area contributed by atoms with Gasteiger partial charge in [0, 0.05) is 25.2 Å². The Bertz CT molecular complexity index is 429. The van der Waals surface area contributed by atoms with E-state index in [4.69, 9.17) is 15.6 Å². The summed E-state index contributed by atoms with van der Waals surface area (Å²) in [7, 11) is 1.49. The number of nitrogens with one attached hydrogen (secondary N) is 1. The molecule has 0 aliphatic heterocycles. The second-order valence-electron chi connectivity index (χ2n) is 4.49. The zero-order valence-corrected chi connectivity index (χ0v) is 14.2. The molecule has 0 fully saturated rings. The molecule has 8 nitrogen and oxygen atoms in total. The molecule has 1 unspecified atom stereocenters. The first kappa shape index (κ1) is 21.4. The summed E-state index contributed by atoms with van der Waals surface area (Å²) >= 11 is 1.49. The molecule has 0 aromatic heterocycles. The van der Waals surface area contributed by atoms with Crippen LogP contribution >= 0.6 is 11.8 Å². The van der Waals surface area contributed by atoms with E-state index in [-0.39, 0.29) is 24.6 Å². The molecule has 0 aliphatic rings. The summed E-state index contributed by atoms with van der Waals surface area (Å²) in [5, 5.41) is 11.1. The maximum atomic E-state index is 11.8. The second kappa shape index (κ2) is 12.9. The summed E-state index contributed by atoms with van der Waals surface area (Å²) in [4.78, 5) is 37.8. The van der Waals surface area contributed by atoms with Crippen molar-refractivity contribution in [3.8, 4) is 0 Å². The van der Waals surface area contributed by atoms with Crippen LogP contribution in [0.5, 0.6) is 0 Å². The van der Waals surface area contributed by atoms with Crippen molar-refractivity contribution in [2.24, 2.45) is 16.6 Å². The van der Waals surface area contributed by atoms with Crippen LogP contribution in [0.3, 0.4) is 0 Å². The van der Waals surface area contributed by atoms with Gasteiger partial charge in [-0.1, -0.05) is 0 Å². The van der Waals surface area contributed by atoms with Gasteiger partial charge in [0.2, 0.25) is 5.91 Å². The van der Waals surface area contributed by atoms with E-state index < -0.39 is 17.8 Å². The minimum Gasteiger partial charge on any atom is -0.481 e. The summed E-state index contributed by atoms with van der Waals surface area (Å²) in [6.07, 6.45) is 0.939. The van der Waals surface area contributed by atoms with Gasteiger partial charge in [-0.2, -0.15) is 11.8 Å². The summed E-state index contributed by atoms with van der Waals surface area (Å²) < 4.78 is 5.20. The van der Waals surface area contributed by atoms with Crippen molar-refractivity contribution in [2.45, 2.75) is 13.3 Å². The van der Waals surface area contributed by atoms with E-state index in [9.17, 15) is 14.4 Å². The smallest absolute Gasteiger partial charge is 0.307 e. The number of carbonyl (C=O) groups is 3. The highest BCUT2D eigenvalue weighted by Gasteiger charge is 2.18. The summed E-state index contributed by atoms with van der Waals surface area (Å²) in [5.41, 5.74) is 5.52. The summed E-state index contributed by atoms with van der Waals surface area (Å²) in [5.74, 6) is -1.76. The highest BCUT2D eigenvalue weighted by molar-refractivity contribution is 8.00. The standard InChI is InChI=1S/C14H24N3O5S/c1-3-22-6-7-23-9-11(14(21)16-2)17-8-10(13(15)20)4-5-12(18)19/h5,10H,3-4,6-9H2,1-2H3,(H2,15,20)(H,16,21)(H,18,19). The Morgan fingerprint density at radius 2 is 2.13 bits per heavy atom. The Morgan fingerprint density at radius 1 is 1.43 bits per heavy atom. The Labute approximate surface area is 140 Å². The van der Waals surface area contributed by atoms with Gasteiger partial charge in [-0.15, -0.1) is 0 Å². The lowest BCUT2D eigenvalue weighted by Crippen LogP contribution is -2.32. The van der Waals surface area contributed by atoms with E-state index in [1.54, 1.807) is 0 Å². The zero-order chi connectivity index (χ0) is 17.7. The first-order chi connectivity index (χ1) is 10.9. The quantitative estimate of drug-likeness (QED) is 0.311. The maximum absolute atomic E-state index is 11.8. The molecule has 4 N–H and O–H groups in total. The number of aliphatic carboxylic acids is 1. The fourth-order valence-corrected chi connectivity index (χ4v) is 2.30. The fraction of sp³-hybridized carbons (Fsp3) is 0.643. The molecule has 0 aromatic carbocycles. The number of hydrogen-bond donors (Lipinski definition) is 3. The van der Waals surface area contributed by atoms with Gasteiger partial charge in [0.15, 0.2) is 0 Å². The average Bonchev–Trinajstić information content (AvgIpc) is 2.51. The Morgan fingerprint density at radius 3 is 2.65 bits per heavy atom. The van der Waals surface area contributed by atoms with E-state index in [1.165, 1.54) is 18.8 Å². The van der Waals surface area contributed by atoms with Crippen LogP contribution in [0.15, 0.2) is 4.99 Å². The van der Waals surface area contributed by atoms with Crippen molar-refractivity contribution in [2.75, 3.05) is 38.3 Å². The topological polar surface area (TPSA) is 131 Å². The molecule has 9 heteroatoms. The molecule has 0 bridgehead atoms. The van der Waals surface area contributed by atoms with E-state index in [1.807, 2.05) is 6.92 Å². The van der Waals surface area contributed by atoms with Crippen molar-refractivity contribution in [1.82, 2.24) is 5.32 Å². The third-order valence-corrected chi connectivity index (χ3v) is 3.72. The van der Waals surface area contributed by atoms with Gasteiger partial charge >= 0.3 is 5.97 Å². The maximum Gasteiger partial charge on any atom is 0.307 e. The molecule has 0 aliphatic carbocycles. The van der Waals surface area contributed by atoms with E-state index >= 15 is 0 Å². The number of carboxylic acids is 1. The van der Waals surface area contributed by atoms with Gasteiger partial charge in [-0.25, -0.2) is 0 Å². The average molecular weight is 346 g/mol. The molecule has 1 atom stereocenters. The van der Waals surface area contributed by atoms with Gasteiger partial charge in [0.1, 0.15) is 5.71 Å². The van der Waals surface area contributed by atoms with E-state index in [0.717, 1.165) is 12.2 Å². The Hall–Kier alpha value is -1.61. The highest BCUT2D eigenvalue weighted by Crippen LogP contribution is 2.08. The highest BCUT2D eigenvalue weighted by atomic mass is 32.2. The second-order valence-corrected chi connectivity index (χ2v) is 5.60. The number of nitrogens with two attached hydrogens (primary N) is 1. The van der Waals surface area contributed by atoms with Crippen molar-refractivity contribution in [3.05, 3.63) is 6.42 Å². The molecular weight excluding hydrogens is 322 g/mol. The van der Waals surface area contributed by atoms with Crippen LogP contribution in [0, 0.1) is 12.3 Å². The lowest BCUT2D eigenvalue weighted by molar-refractivity contribution is -0.133. The molecule has 131 valence electrons. The number of carboxylic acid groups (broad SMARTS) is 1. The molecule has 1 radical (unpaired) electrons. The number of carbonyl (C=O) groups excluding carboxylic acids is 2. The molecule has 0 saturated carbocycles. The summed E-state index contributed by atoms with van der Waals surface area (Å²) in [6, 6.07) is 0. The van der Waals surface area contributed by atoms with Crippen LogP contribution in [-0.2, 0) is 19.1 Å². The minimum absolute atomic E-state index is 0.0200. The van der Waals surface area contributed by atoms with Gasteiger partial charge < -0.3 is 20.9 Å².